The summed E-state index contributed by atoms with van der Waals surface area (Å²) in [6.45, 7) is 15.4. The number of nitrogens with zero attached hydrogens (tertiary/aromatic N) is 3. The minimum Gasteiger partial charge on any atom is -0.470 e. The van der Waals surface area contributed by atoms with Gasteiger partial charge in [-0.2, -0.15) is 0 Å². The lowest BCUT2D eigenvalue weighted by molar-refractivity contribution is -0.149. The van der Waals surface area contributed by atoms with Crippen molar-refractivity contribution in [3.8, 4) is 17.0 Å². The second-order valence-corrected chi connectivity index (χ2v) is 12.9. The molecule has 0 amide bonds. The van der Waals surface area contributed by atoms with Crippen LogP contribution in [0, 0.1) is 19.3 Å². The van der Waals surface area contributed by atoms with Gasteiger partial charge < -0.3 is 19.5 Å². The molecule has 1 saturated heterocycles. The predicted octanol–water partition coefficient (Wildman–Crippen LogP) is 7.04. The first-order chi connectivity index (χ1) is 19.2. The van der Waals surface area contributed by atoms with Gasteiger partial charge in [0, 0.05) is 64.5 Å². The molecule has 0 aliphatic carbocycles. The number of hydrogen-bond acceptors (Lipinski definition) is 7. The number of carbonyl (C=O) groups is 1. The van der Waals surface area contributed by atoms with Crippen molar-refractivity contribution in [1.82, 2.24) is 9.97 Å². The molecule has 4 rings (SSSR count). The Bertz CT molecular complexity index is 1350. The molecule has 1 fully saturated rings. The number of aromatic nitrogens is 2. The van der Waals surface area contributed by atoms with Crippen LogP contribution >= 0.6 is 11.6 Å². The largest absolute Gasteiger partial charge is 0.470 e. The molecule has 1 aliphatic heterocycles. The third-order valence-electron chi connectivity index (χ3n) is 7.73. The van der Waals surface area contributed by atoms with Crippen LogP contribution in [0.3, 0.4) is 0 Å². The Hall–Kier alpha value is -3.16. The molecule has 0 radical (unpaired) electrons. The molecule has 1 atom stereocenters. The van der Waals surface area contributed by atoms with E-state index < -0.39 is 11.6 Å². The molecule has 0 saturated carbocycles. The molecule has 41 heavy (non-hydrogen) atoms. The molecule has 1 unspecified atom stereocenters. The molecule has 2 aromatic heterocycles. The standard InChI is InChI=1S/C33H42ClN3O4/c1-21-9-8-10-27(34)30(21)23(3)41-28-12-11-24(18-36-28)26-19-35-22(2)25(17-29(38)40-20-33(6,7)39)31(26)37-15-13-32(4,5)14-16-37/h8-12,18-19,23,39H,13-17,20H2,1-7H3. The number of esters is 1. The highest BCUT2D eigenvalue weighted by molar-refractivity contribution is 6.31. The first-order valence-corrected chi connectivity index (χ1v) is 14.6. The molecule has 3 heterocycles. The molecular formula is C33H42ClN3O4. The normalized spacial score (nSPS) is 15.9. The second kappa shape index (κ2) is 12.4. The van der Waals surface area contributed by atoms with E-state index in [2.05, 4.69) is 28.7 Å². The highest BCUT2D eigenvalue weighted by Crippen LogP contribution is 2.40. The summed E-state index contributed by atoms with van der Waals surface area (Å²) in [6, 6.07) is 9.65. The van der Waals surface area contributed by atoms with Gasteiger partial charge >= 0.3 is 5.97 Å². The van der Waals surface area contributed by atoms with Crippen LogP contribution in [0.4, 0.5) is 5.69 Å². The Morgan fingerprint density at radius 2 is 1.83 bits per heavy atom. The molecule has 1 aromatic carbocycles. The van der Waals surface area contributed by atoms with Gasteiger partial charge in [-0.3, -0.25) is 9.78 Å². The SMILES string of the molecule is Cc1cccc(Cl)c1C(C)Oc1ccc(-c2cnc(C)c(CC(=O)OCC(C)(C)O)c2N2CCC(C)(C)CC2)cn1. The number of ether oxygens (including phenoxy) is 2. The number of carbonyl (C=O) groups excluding carboxylic acids is 1. The van der Waals surface area contributed by atoms with E-state index in [4.69, 9.17) is 21.1 Å². The van der Waals surface area contributed by atoms with Gasteiger partial charge in [0.15, 0.2) is 0 Å². The molecular weight excluding hydrogens is 538 g/mol. The Kier molecular flexibility index (Phi) is 9.29. The lowest BCUT2D eigenvalue weighted by atomic mass is 9.82. The smallest absolute Gasteiger partial charge is 0.310 e. The van der Waals surface area contributed by atoms with Crippen LogP contribution in [0.1, 0.15) is 75.9 Å². The van der Waals surface area contributed by atoms with Crippen molar-refractivity contribution in [3.05, 3.63) is 70.1 Å². The summed E-state index contributed by atoms with van der Waals surface area (Å²) in [5.41, 5.74) is 5.59. The molecule has 3 aromatic rings. The maximum atomic E-state index is 12.9. The van der Waals surface area contributed by atoms with Gasteiger partial charge in [-0.15, -0.1) is 0 Å². The van der Waals surface area contributed by atoms with Crippen molar-refractivity contribution < 1.29 is 19.4 Å². The monoisotopic (exact) mass is 579 g/mol. The minimum atomic E-state index is -1.09. The summed E-state index contributed by atoms with van der Waals surface area (Å²) < 4.78 is 11.6. The van der Waals surface area contributed by atoms with Crippen molar-refractivity contribution in [3.63, 3.8) is 0 Å². The molecule has 7 nitrogen and oxygen atoms in total. The maximum Gasteiger partial charge on any atom is 0.310 e. The summed E-state index contributed by atoms with van der Waals surface area (Å²) in [7, 11) is 0. The Balaban J connectivity index is 1.65. The van der Waals surface area contributed by atoms with E-state index in [0.29, 0.717) is 10.9 Å². The average molecular weight is 580 g/mol. The number of aryl methyl sites for hydroxylation is 2. The minimum absolute atomic E-state index is 0.0667. The van der Waals surface area contributed by atoms with Crippen LogP contribution in [0.2, 0.25) is 5.02 Å². The van der Waals surface area contributed by atoms with Crippen LogP contribution in [0.25, 0.3) is 11.1 Å². The van der Waals surface area contributed by atoms with E-state index in [1.165, 1.54) is 0 Å². The molecule has 220 valence electrons. The van der Waals surface area contributed by atoms with Crippen LogP contribution in [-0.2, 0) is 16.0 Å². The van der Waals surface area contributed by atoms with Gasteiger partial charge in [0.2, 0.25) is 5.88 Å². The number of rotatable bonds is 9. The van der Waals surface area contributed by atoms with Crippen LogP contribution < -0.4 is 9.64 Å². The number of piperidine rings is 1. The Morgan fingerprint density at radius 3 is 2.44 bits per heavy atom. The predicted molar refractivity (Wildman–Crippen MR) is 164 cm³/mol. The highest BCUT2D eigenvalue weighted by Gasteiger charge is 2.30. The first-order valence-electron chi connectivity index (χ1n) is 14.2. The van der Waals surface area contributed by atoms with Crippen LogP contribution in [0.5, 0.6) is 5.88 Å². The zero-order valence-corrected chi connectivity index (χ0v) is 26.0. The summed E-state index contributed by atoms with van der Waals surface area (Å²) in [4.78, 5) is 24.6. The molecule has 1 aliphatic rings. The summed E-state index contributed by atoms with van der Waals surface area (Å²) in [5.74, 6) is 0.107. The van der Waals surface area contributed by atoms with E-state index in [1.807, 2.05) is 57.3 Å². The van der Waals surface area contributed by atoms with E-state index in [1.54, 1.807) is 20.0 Å². The van der Waals surface area contributed by atoms with E-state index in [9.17, 15) is 9.90 Å². The van der Waals surface area contributed by atoms with Gasteiger partial charge in [-0.25, -0.2) is 4.98 Å². The zero-order chi connectivity index (χ0) is 29.9. The highest BCUT2D eigenvalue weighted by atomic mass is 35.5. The maximum absolute atomic E-state index is 12.9. The number of anilines is 1. The first kappa shape index (κ1) is 30.8. The lowest BCUT2D eigenvalue weighted by Gasteiger charge is -2.40. The number of halogens is 1. The van der Waals surface area contributed by atoms with E-state index >= 15 is 0 Å². The van der Waals surface area contributed by atoms with Crippen molar-refractivity contribution >= 4 is 23.3 Å². The van der Waals surface area contributed by atoms with E-state index in [0.717, 1.165) is 65.1 Å². The van der Waals surface area contributed by atoms with Crippen molar-refractivity contribution in [1.29, 1.82) is 0 Å². The number of hydrogen-bond donors (Lipinski definition) is 1. The molecule has 0 spiro atoms. The van der Waals surface area contributed by atoms with Crippen molar-refractivity contribution in [2.75, 3.05) is 24.6 Å². The Labute approximate surface area is 248 Å². The topological polar surface area (TPSA) is 84.8 Å². The van der Waals surface area contributed by atoms with E-state index in [-0.39, 0.29) is 24.5 Å². The lowest BCUT2D eigenvalue weighted by Crippen LogP contribution is -2.38. The zero-order valence-electron chi connectivity index (χ0n) is 25.3. The number of aliphatic hydroxyl groups is 1. The van der Waals surface area contributed by atoms with Crippen LogP contribution in [0.15, 0.2) is 42.7 Å². The third kappa shape index (κ3) is 7.77. The number of pyridine rings is 2. The summed E-state index contributed by atoms with van der Waals surface area (Å²) in [6.07, 6.45) is 5.55. The second-order valence-electron chi connectivity index (χ2n) is 12.5. The van der Waals surface area contributed by atoms with Gasteiger partial charge in [0.1, 0.15) is 12.7 Å². The van der Waals surface area contributed by atoms with Crippen molar-refractivity contribution in [2.24, 2.45) is 5.41 Å². The average Bonchev–Trinajstić information content (AvgIpc) is 2.89. The van der Waals surface area contributed by atoms with Gasteiger partial charge in [-0.05, 0) is 70.6 Å². The van der Waals surface area contributed by atoms with Gasteiger partial charge in [0.25, 0.3) is 0 Å². The van der Waals surface area contributed by atoms with Gasteiger partial charge in [0.05, 0.1) is 17.7 Å². The molecule has 8 heteroatoms. The third-order valence-corrected chi connectivity index (χ3v) is 8.06. The van der Waals surface area contributed by atoms with Crippen LogP contribution in [-0.4, -0.2) is 46.3 Å². The van der Waals surface area contributed by atoms with Gasteiger partial charge in [-0.1, -0.05) is 37.6 Å². The summed E-state index contributed by atoms with van der Waals surface area (Å²) >= 11 is 6.45. The fourth-order valence-electron chi connectivity index (χ4n) is 5.22. The Morgan fingerprint density at radius 1 is 1.12 bits per heavy atom. The van der Waals surface area contributed by atoms with Crippen molar-refractivity contribution in [2.45, 2.75) is 79.4 Å². The molecule has 0 bridgehead atoms. The fraction of sp³-hybridized carbons (Fsp3) is 0.485. The number of benzene rings is 1. The summed E-state index contributed by atoms with van der Waals surface area (Å²) in [5, 5.41) is 10.7. The quantitative estimate of drug-likeness (QED) is 0.272. The fourth-order valence-corrected chi connectivity index (χ4v) is 5.59. The molecule has 1 N–H and O–H groups in total.